The fraction of sp³-hybridized carbons (Fsp3) is 0.429. The summed E-state index contributed by atoms with van der Waals surface area (Å²) in [5.74, 6) is 1.54. The van der Waals surface area contributed by atoms with Gasteiger partial charge in [-0.2, -0.15) is 0 Å². The van der Waals surface area contributed by atoms with Crippen molar-refractivity contribution in [2.24, 2.45) is 0 Å². The molecule has 1 unspecified atom stereocenters. The molecular weight excluding hydrogens is 328 g/mol. The molecule has 0 radical (unpaired) electrons. The van der Waals surface area contributed by atoms with Gasteiger partial charge in [-0.25, -0.2) is 0 Å². The van der Waals surface area contributed by atoms with Crippen LogP contribution in [0.15, 0.2) is 48.5 Å². The molecule has 5 heteroatoms. The summed E-state index contributed by atoms with van der Waals surface area (Å²) in [6.45, 7) is 6.96. The summed E-state index contributed by atoms with van der Waals surface area (Å²) >= 11 is 0. The molecule has 3 rings (SSSR count). The van der Waals surface area contributed by atoms with Crippen LogP contribution in [0.4, 0.5) is 5.69 Å². The number of β-amino-alcohol motifs (C(OH)–C–C–N with tert-alkyl or cyclic N) is 1. The van der Waals surface area contributed by atoms with Crippen LogP contribution in [0.1, 0.15) is 5.56 Å². The maximum absolute atomic E-state index is 10.3. The first-order valence-corrected chi connectivity index (χ1v) is 9.13. The van der Waals surface area contributed by atoms with E-state index in [-0.39, 0.29) is 0 Å². The second kappa shape index (κ2) is 8.92. The average Bonchev–Trinajstić information content (AvgIpc) is 2.68. The predicted octanol–water partition coefficient (Wildman–Crippen LogP) is 2.57. The van der Waals surface area contributed by atoms with E-state index in [1.165, 1.54) is 11.3 Å². The Hall–Kier alpha value is -2.24. The van der Waals surface area contributed by atoms with Gasteiger partial charge < -0.3 is 19.5 Å². The van der Waals surface area contributed by atoms with Crippen molar-refractivity contribution in [3.63, 3.8) is 0 Å². The maximum Gasteiger partial charge on any atom is 0.119 e. The highest BCUT2D eigenvalue weighted by Gasteiger charge is 2.20. The number of ether oxygens (including phenoxy) is 2. The minimum atomic E-state index is -0.498. The van der Waals surface area contributed by atoms with Crippen molar-refractivity contribution >= 4 is 5.69 Å². The number of piperazine rings is 1. The number of nitrogens with zero attached hydrogens (tertiary/aromatic N) is 2. The highest BCUT2D eigenvalue weighted by atomic mass is 16.5. The summed E-state index contributed by atoms with van der Waals surface area (Å²) in [5.41, 5.74) is 2.63. The molecule has 1 heterocycles. The largest absolute Gasteiger partial charge is 0.497 e. The summed E-state index contributed by atoms with van der Waals surface area (Å²) in [4.78, 5) is 4.73. The van der Waals surface area contributed by atoms with E-state index in [9.17, 15) is 5.11 Å². The molecule has 1 aliphatic heterocycles. The van der Waals surface area contributed by atoms with Crippen LogP contribution in [-0.2, 0) is 0 Å². The van der Waals surface area contributed by atoms with Gasteiger partial charge in [0.25, 0.3) is 0 Å². The molecule has 0 saturated carbocycles. The number of aryl methyl sites for hydroxylation is 1. The van der Waals surface area contributed by atoms with Gasteiger partial charge in [0, 0.05) is 38.4 Å². The summed E-state index contributed by atoms with van der Waals surface area (Å²) in [5, 5.41) is 10.3. The SMILES string of the molecule is COc1ccc(OCC(O)CN2CCN(c3ccccc3C)CC2)cc1. The molecule has 2 aromatic carbocycles. The summed E-state index contributed by atoms with van der Waals surface area (Å²) in [6.07, 6.45) is -0.498. The Labute approximate surface area is 155 Å². The highest BCUT2D eigenvalue weighted by Crippen LogP contribution is 2.21. The molecule has 1 saturated heterocycles. The fourth-order valence-corrected chi connectivity index (χ4v) is 3.30. The van der Waals surface area contributed by atoms with E-state index in [2.05, 4.69) is 41.0 Å². The standard InChI is InChI=1S/C21H28N2O3/c1-17-5-3-4-6-21(17)23-13-11-22(12-14-23)15-18(24)16-26-20-9-7-19(25-2)8-10-20/h3-10,18,24H,11-16H2,1-2H3. The summed E-state index contributed by atoms with van der Waals surface area (Å²) in [6, 6.07) is 15.9. The average molecular weight is 356 g/mol. The van der Waals surface area contributed by atoms with Gasteiger partial charge in [-0.1, -0.05) is 18.2 Å². The third-order valence-electron chi connectivity index (χ3n) is 4.80. The zero-order chi connectivity index (χ0) is 18.4. The van der Waals surface area contributed by atoms with Gasteiger partial charge in [0.1, 0.15) is 24.2 Å². The van der Waals surface area contributed by atoms with Crippen molar-refractivity contribution in [2.75, 3.05) is 51.3 Å². The van der Waals surface area contributed by atoms with Crippen molar-refractivity contribution < 1.29 is 14.6 Å². The third kappa shape index (κ3) is 4.90. The minimum absolute atomic E-state index is 0.296. The Balaban J connectivity index is 1.41. The van der Waals surface area contributed by atoms with Gasteiger partial charge in [-0.05, 0) is 42.8 Å². The Kier molecular flexibility index (Phi) is 6.36. The maximum atomic E-state index is 10.3. The first-order chi connectivity index (χ1) is 12.7. The molecule has 1 atom stereocenters. The number of benzene rings is 2. The zero-order valence-electron chi connectivity index (χ0n) is 15.6. The lowest BCUT2D eigenvalue weighted by atomic mass is 10.1. The zero-order valence-corrected chi connectivity index (χ0v) is 15.6. The summed E-state index contributed by atoms with van der Waals surface area (Å²) < 4.78 is 10.8. The lowest BCUT2D eigenvalue weighted by Gasteiger charge is -2.37. The molecule has 0 aromatic heterocycles. The van der Waals surface area contributed by atoms with Gasteiger partial charge in [-0.15, -0.1) is 0 Å². The number of aliphatic hydroxyl groups excluding tert-OH is 1. The van der Waals surface area contributed by atoms with Crippen LogP contribution in [0.2, 0.25) is 0 Å². The van der Waals surface area contributed by atoms with Gasteiger partial charge in [0.05, 0.1) is 7.11 Å². The van der Waals surface area contributed by atoms with E-state index in [4.69, 9.17) is 9.47 Å². The number of rotatable bonds is 7. The van der Waals surface area contributed by atoms with Gasteiger partial charge in [0.2, 0.25) is 0 Å². The third-order valence-corrected chi connectivity index (χ3v) is 4.80. The number of para-hydroxylation sites is 1. The van der Waals surface area contributed by atoms with Gasteiger partial charge in [0.15, 0.2) is 0 Å². The Bertz CT molecular complexity index is 682. The molecule has 0 aliphatic carbocycles. The van der Waals surface area contributed by atoms with Crippen LogP contribution >= 0.6 is 0 Å². The Morgan fingerprint density at radius 3 is 2.27 bits per heavy atom. The molecule has 0 amide bonds. The lowest BCUT2D eigenvalue weighted by Crippen LogP contribution is -2.49. The van der Waals surface area contributed by atoms with Crippen LogP contribution in [-0.4, -0.2) is 62.6 Å². The number of hydrogen-bond donors (Lipinski definition) is 1. The molecule has 1 aliphatic rings. The molecule has 2 aromatic rings. The van der Waals surface area contributed by atoms with E-state index in [1.54, 1.807) is 7.11 Å². The number of methoxy groups -OCH3 is 1. The smallest absolute Gasteiger partial charge is 0.119 e. The second-order valence-electron chi connectivity index (χ2n) is 6.71. The predicted molar refractivity (Wildman–Crippen MR) is 104 cm³/mol. The summed E-state index contributed by atoms with van der Waals surface area (Å²) in [7, 11) is 1.64. The van der Waals surface area contributed by atoms with Gasteiger partial charge >= 0.3 is 0 Å². The van der Waals surface area contributed by atoms with Crippen LogP contribution in [0.5, 0.6) is 11.5 Å². The number of anilines is 1. The normalized spacial score (nSPS) is 16.3. The van der Waals surface area contributed by atoms with Crippen LogP contribution in [0.3, 0.4) is 0 Å². The van der Waals surface area contributed by atoms with Crippen molar-refractivity contribution in [3.8, 4) is 11.5 Å². The molecule has 0 bridgehead atoms. The van der Waals surface area contributed by atoms with Crippen LogP contribution in [0.25, 0.3) is 0 Å². The highest BCUT2D eigenvalue weighted by molar-refractivity contribution is 5.53. The lowest BCUT2D eigenvalue weighted by molar-refractivity contribution is 0.0663. The van der Waals surface area contributed by atoms with Gasteiger partial charge in [-0.3, -0.25) is 4.90 Å². The van der Waals surface area contributed by atoms with Crippen LogP contribution in [0, 0.1) is 6.92 Å². The molecule has 140 valence electrons. The van der Waals surface area contributed by atoms with E-state index < -0.39 is 6.10 Å². The first-order valence-electron chi connectivity index (χ1n) is 9.13. The Morgan fingerprint density at radius 1 is 0.962 bits per heavy atom. The molecule has 1 fully saturated rings. The number of aliphatic hydroxyl groups is 1. The minimum Gasteiger partial charge on any atom is -0.497 e. The number of hydrogen-bond acceptors (Lipinski definition) is 5. The van der Waals surface area contributed by atoms with Crippen molar-refractivity contribution in [1.82, 2.24) is 4.90 Å². The topological polar surface area (TPSA) is 45.2 Å². The molecule has 5 nitrogen and oxygen atoms in total. The quantitative estimate of drug-likeness (QED) is 0.826. The molecular formula is C21H28N2O3. The monoisotopic (exact) mass is 356 g/mol. The molecule has 1 N–H and O–H groups in total. The Morgan fingerprint density at radius 2 is 1.62 bits per heavy atom. The van der Waals surface area contributed by atoms with Crippen LogP contribution < -0.4 is 14.4 Å². The first kappa shape index (κ1) is 18.5. The fourth-order valence-electron chi connectivity index (χ4n) is 3.30. The molecule has 0 spiro atoms. The van der Waals surface area contributed by atoms with E-state index in [1.807, 2.05) is 24.3 Å². The molecule has 26 heavy (non-hydrogen) atoms. The van der Waals surface area contributed by atoms with Crippen molar-refractivity contribution in [3.05, 3.63) is 54.1 Å². The second-order valence-corrected chi connectivity index (χ2v) is 6.71. The van der Waals surface area contributed by atoms with E-state index in [0.717, 1.165) is 37.7 Å². The van der Waals surface area contributed by atoms with E-state index in [0.29, 0.717) is 13.2 Å². The van der Waals surface area contributed by atoms with Crippen molar-refractivity contribution in [2.45, 2.75) is 13.0 Å². The van der Waals surface area contributed by atoms with E-state index >= 15 is 0 Å². The van der Waals surface area contributed by atoms with Crippen molar-refractivity contribution in [1.29, 1.82) is 0 Å².